The van der Waals surface area contributed by atoms with Crippen LogP contribution in [0.25, 0.3) is 0 Å². The minimum Gasteiger partial charge on any atom is -0.493 e. The molecule has 0 atom stereocenters. The molecule has 4 rings (SSSR count). The summed E-state index contributed by atoms with van der Waals surface area (Å²) in [4.78, 5) is 22.1. The second-order valence-electron chi connectivity index (χ2n) is 9.44. The molecule has 0 unspecified atom stereocenters. The summed E-state index contributed by atoms with van der Waals surface area (Å²) >= 11 is 3.45. The van der Waals surface area contributed by atoms with Crippen LogP contribution in [0.2, 0.25) is 0 Å². The summed E-state index contributed by atoms with van der Waals surface area (Å²) in [7, 11) is 6.55. The van der Waals surface area contributed by atoms with Crippen LogP contribution in [0.3, 0.4) is 0 Å². The molecule has 39 heavy (non-hydrogen) atoms. The van der Waals surface area contributed by atoms with E-state index in [1.807, 2.05) is 29.2 Å². The minimum absolute atomic E-state index is 0.00424. The van der Waals surface area contributed by atoms with Crippen LogP contribution >= 0.6 is 15.9 Å². The molecule has 0 saturated carbocycles. The quantitative estimate of drug-likeness (QED) is 0.310. The van der Waals surface area contributed by atoms with Crippen molar-refractivity contribution in [2.75, 3.05) is 59.5 Å². The van der Waals surface area contributed by atoms with Crippen molar-refractivity contribution < 1.29 is 23.7 Å². The molecule has 1 aromatic heterocycles. The van der Waals surface area contributed by atoms with E-state index in [0.717, 1.165) is 66.1 Å². The number of benzene rings is 2. The summed E-state index contributed by atoms with van der Waals surface area (Å²) in [6, 6.07) is 11.7. The Bertz CT molecular complexity index is 1250. The molecule has 1 aliphatic rings. The lowest BCUT2D eigenvalue weighted by atomic mass is 10.0. The molecule has 1 aliphatic heterocycles. The monoisotopic (exact) mass is 597 g/mol. The fraction of sp³-hybridized carbons (Fsp3) is 0.400. The van der Waals surface area contributed by atoms with Gasteiger partial charge in [-0.05, 0) is 88.8 Å². The molecule has 0 saturated heterocycles. The third-order valence-electron chi connectivity index (χ3n) is 7.05. The van der Waals surface area contributed by atoms with E-state index in [1.165, 1.54) is 11.1 Å². The van der Waals surface area contributed by atoms with Crippen LogP contribution in [0.15, 0.2) is 53.3 Å². The van der Waals surface area contributed by atoms with Gasteiger partial charge in [-0.25, -0.2) is 0 Å². The molecule has 3 aromatic rings. The third kappa shape index (κ3) is 7.22. The molecular formula is C30H36BrN3O5. The molecule has 2 heterocycles. The summed E-state index contributed by atoms with van der Waals surface area (Å²) in [5.41, 5.74) is 4.25. The molecule has 0 aliphatic carbocycles. The second kappa shape index (κ2) is 13.7. The summed E-state index contributed by atoms with van der Waals surface area (Å²) < 4.78 is 22.8. The van der Waals surface area contributed by atoms with Crippen molar-refractivity contribution in [3.63, 3.8) is 0 Å². The molecule has 9 heteroatoms. The van der Waals surface area contributed by atoms with Gasteiger partial charge in [0, 0.05) is 48.3 Å². The lowest BCUT2D eigenvalue weighted by Gasteiger charge is -2.26. The van der Waals surface area contributed by atoms with Crippen LogP contribution in [0.4, 0.5) is 5.69 Å². The lowest BCUT2D eigenvalue weighted by Crippen LogP contribution is -2.36. The van der Waals surface area contributed by atoms with Crippen molar-refractivity contribution in [3.8, 4) is 23.0 Å². The molecule has 0 bridgehead atoms. The van der Waals surface area contributed by atoms with Crippen LogP contribution < -0.4 is 23.8 Å². The molecule has 208 valence electrons. The number of pyridine rings is 1. The molecule has 0 spiro atoms. The largest absolute Gasteiger partial charge is 0.493 e. The summed E-state index contributed by atoms with van der Waals surface area (Å²) in [6.45, 7) is 3.38. The molecule has 8 nitrogen and oxygen atoms in total. The van der Waals surface area contributed by atoms with Crippen LogP contribution in [-0.2, 0) is 24.1 Å². The van der Waals surface area contributed by atoms with E-state index in [-0.39, 0.29) is 12.3 Å². The van der Waals surface area contributed by atoms with Crippen molar-refractivity contribution in [3.05, 3.63) is 70.0 Å². The predicted octanol–water partition coefficient (Wildman–Crippen LogP) is 4.95. The van der Waals surface area contributed by atoms with Crippen LogP contribution in [0, 0.1) is 0 Å². The van der Waals surface area contributed by atoms with Gasteiger partial charge in [0.15, 0.2) is 23.0 Å². The van der Waals surface area contributed by atoms with E-state index >= 15 is 0 Å². The van der Waals surface area contributed by atoms with Crippen LogP contribution in [0.5, 0.6) is 23.0 Å². The zero-order chi connectivity index (χ0) is 27.8. The van der Waals surface area contributed by atoms with Gasteiger partial charge in [0.05, 0.1) is 34.9 Å². The molecule has 0 fully saturated rings. The Kier molecular flexibility index (Phi) is 10.1. The van der Waals surface area contributed by atoms with Gasteiger partial charge in [-0.1, -0.05) is 0 Å². The molecular weight excluding hydrogens is 562 g/mol. The topological polar surface area (TPSA) is 73.4 Å². The number of aromatic nitrogens is 1. The Balaban J connectivity index is 1.45. The third-order valence-corrected chi connectivity index (χ3v) is 7.49. The first-order valence-electron chi connectivity index (χ1n) is 13.0. The van der Waals surface area contributed by atoms with Crippen molar-refractivity contribution in [2.45, 2.75) is 25.7 Å². The number of nitrogens with zero attached hydrogens (tertiary/aromatic N) is 3. The zero-order valence-electron chi connectivity index (χ0n) is 23.0. The zero-order valence-corrected chi connectivity index (χ0v) is 24.6. The number of ether oxygens (including phenoxy) is 4. The van der Waals surface area contributed by atoms with Crippen molar-refractivity contribution in [1.82, 2.24) is 9.88 Å². The van der Waals surface area contributed by atoms with Crippen LogP contribution in [0.1, 0.15) is 23.1 Å². The fourth-order valence-corrected chi connectivity index (χ4v) is 5.40. The van der Waals surface area contributed by atoms with E-state index < -0.39 is 0 Å². The van der Waals surface area contributed by atoms with E-state index in [2.05, 4.69) is 37.9 Å². The number of hydrogen-bond acceptors (Lipinski definition) is 7. The first-order valence-corrected chi connectivity index (χ1v) is 13.8. The van der Waals surface area contributed by atoms with Crippen molar-refractivity contribution in [2.24, 2.45) is 0 Å². The maximum atomic E-state index is 13.6. The average molecular weight is 599 g/mol. The maximum absolute atomic E-state index is 13.6. The lowest BCUT2D eigenvalue weighted by molar-refractivity contribution is -0.118. The summed E-state index contributed by atoms with van der Waals surface area (Å²) in [5, 5.41) is 0. The number of carbonyl (C=O) groups excluding carboxylic acids is 1. The van der Waals surface area contributed by atoms with Gasteiger partial charge in [-0.2, -0.15) is 0 Å². The van der Waals surface area contributed by atoms with Gasteiger partial charge < -0.3 is 28.7 Å². The highest BCUT2D eigenvalue weighted by Crippen LogP contribution is 2.33. The predicted molar refractivity (Wildman–Crippen MR) is 156 cm³/mol. The van der Waals surface area contributed by atoms with E-state index in [4.69, 9.17) is 18.9 Å². The highest BCUT2D eigenvalue weighted by atomic mass is 79.9. The summed E-state index contributed by atoms with van der Waals surface area (Å²) in [6.07, 6.45) is 6.43. The standard InChI is InChI=1S/C30H36BrN3O5/c1-36-26-7-6-25(18-29(26)39-4)34(30(35)15-21-14-24(31)20-32-19-21)11-5-10-33-12-8-22-16-27(37-2)28(38-3)17-23(22)9-13-33/h6-7,14,16-20H,5,8-13,15H2,1-4H3. The van der Waals surface area contributed by atoms with Crippen molar-refractivity contribution >= 4 is 27.5 Å². The number of methoxy groups -OCH3 is 4. The molecule has 1 amide bonds. The normalized spacial score (nSPS) is 13.3. The van der Waals surface area contributed by atoms with E-state index in [1.54, 1.807) is 40.8 Å². The number of anilines is 1. The highest BCUT2D eigenvalue weighted by Gasteiger charge is 2.21. The van der Waals surface area contributed by atoms with Gasteiger partial charge in [0.2, 0.25) is 5.91 Å². The molecule has 0 N–H and O–H groups in total. The number of amides is 1. The van der Waals surface area contributed by atoms with Crippen molar-refractivity contribution in [1.29, 1.82) is 0 Å². The van der Waals surface area contributed by atoms with Gasteiger partial charge in [-0.3, -0.25) is 9.78 Å². The Morgan fingerprint density at radius 1 is 0.872 bits per heavy atom. The Morgan fingerprint density at radius 2 is 1.49 bits per heavy atom. The summed E-state index contributed by atoms with van der Waals surface area (Å²) in [5.74, 6) is 2.77. The highest BCUT2D eigenvalue weighted by molar-refractivity contribution is 9.10. The Hall–Kier alpha value is -3.30. The first kappa shape index (κ1) is 28.7. The SMILES string of the molecule is COc1ccc(N(CCCN2CCc3cc(OC)c(OC)cc3CC2)C(=O)Cc2cncc(Br)c2)cc1OC. The second-order valence-corrected chi connectivity index (χ2v) is 10.4. The van der Waals surface area contributed by atoms with Gasteiger partial charge in [-0.15, -0.1) is 0 Å². The smallest absolute Gasteiger partial charge is 0.231 e. The van der Waals surface area contributed by atoms with E-state index in [9.17, 15) is 4.79 Å². The number of halogens is 1. The minimum atomic E-state index is 0.00424. The average Bonchev–Trinajstić information content (AvgIpc) is 3.15. The number of carbonyl (C=O) groups is 1. The molecule has 0 radical (unpaired) electrons. The van der Waals surface area contributed by atoms with Gasteiger partial charge >= 0.3 is 0 Å². The Morgan fingerprint density at radius 3 is 2.08 bits per heavy atom. The number of rotatable bonds is 11. The van der Waals surface area contributed by atoms with E-state index in [0.29, 0.717) is 18.0 Å². The van der Waals surface area contributed by atoms with Gasteiger partial charge in [0.1, 0.15) is 0 Å². The van der Waals surface area contributed by atoms with Crippen LogP contribution in [-0.4, -0.2) is 70.4 Å². The van der Waals surface area contributed by atoms with Gasteiger partial charge in [0.25, 0.3) is 0 Å². The molecule has 2 aromatic carbocycles. The fourth-order valence-electron chi connectivity index (χ4n) is 4.99. The number of fused-ring (bicyclic) bond motifs is 1. The first-order chi connectivity index (χ1) is 18.9. The number of hydrogen-bond donors (Lipinski definition) is 0. The Labute approximate surface area is 239 Å². The maximum Gasteiger partial charge on any atom is 0.231 e.